The predicted octanol–water partition coefficient (Wildman–Crippen LogP) is 2.54. The summed E-state index contributed by atoms with van der Waals surface area (Å²) in [6, 6.07) is 16.5. The molecule has 6 heteroatoms. The molecule has 2 aromatic carbocycles. The third-order valence-electron chi connectivity index (χ3n) is 5.72. The fourth-order valence-corrected chi connectivity index (χ4v) is 3.71. The minimum Gasteiger partial charge on any atom is -0.484 e. The fourth-order valence-electron chi connectivity index (χ4n) is 3.71. The zero-order valence-corrected chi connectivity index (χ0v) is 18.6. The van der Waals surface area contributed by atoms with E-state index in [0.29, 0.717) is 6.54 Å². The van der Waals surface area contributed by atoms with Gasteiger partial charge in [-0.25, -0.2) is 0 Å². The van der Waals surface area contributed by atoms with E-state index in [4.69, 9.17) is 4.74 Å². The quantitative estimate of drug-likeness (QED) is 0.725. The zero-order chi connectivity index (χ0) is 21.5. The normalized spacial score (nSPS) is 16.1. The first kappa shape index (κ1) is 22.1. The first-order chi connectivity index (χ1) is 14.4. The van der Waals surface area contributed by atoms with Gasteiger partial charge in [0.25, 0.3) is 5.91 Å². The lowest BCUT2D eigenvalue weighted by Gasteiger charge is -2.38. The van der Waals surface area contributed by atoms with Crippen LogP contribution in [0.5, 0.6) is 5.75 Å². The van der Waals surface area contributed by atoms with Gasteiger partial charge in [0.2, 0.25) is 0 Å². The maximum absolute atomic E-state index is 12.5. The van der Waals surface area contributed by atoms with E-state index in [9.17, 15) is 4.79 Å². The third kappa shape index (κ3) is 5.97. The number of rotatable bonds is 8. The van der Waals surface area contributed by atoms with Crippen molar-refractivity contribution in [1.82, 2.24) is 15.1 Å². The second-order valence-electron chi connectivity index (χ2n) is 8.20. The molecule has 0 unspecified atom stereocenters. The van der Waals surface area contributed by atoms with Crippen LogP contribution >= 0.6 is 0 Å². The first-order valence-electron chi connectivity index (χ1n) is 10.6. The number of nitrogens with zero attached hydrogens (tertiary/aromatic N) is 3. The number of amides is 1. The number of para-hydroxylation sites is 1. The molecule has 30 heavy (non-hydrogen) atoms. The number of carbonyl (C=O) groups is 1. The zero-order valence-electron chi connectivity index (χ0n) is 18.6. The average molecular weight is 411 g/mol. The first-order valence-corrected chi connectivity index (χ1v) is 10.6. The molecule has 0 bridgehead atoms. The van der Waals surface area contributed by atoms with Crippen molar-refractivity contribution in [2.24, 2.45) is 0 Å². The molecule has 1 saturated heterocycles. The molecule has 0 saturated carbocycles. The number of nitrogens with one attached hydrogen (secondary N) is 1. The Kier molecular flexibility index (Phi) is 7.71. The number of hydrogen-bond acceptors (Lipinski definition) is 5. The molecule has 162 valence electrons. The van der Waals surface area contributed by atoms with Crippen molar-refractivity contribution in [1.29, 1.82) is 0 Å². The highest BCUT2D eigenvalue weighted by Gasteiger charge is 2.24. The summed E-state index contributed by atoms with van der Waals surface area (Å²) < 4.78 is 5.70. The van der Waals surface area contributed by atoms with Crippen molar-refractivity contribution < 1.29 is 9.53 Å². The van der Waals surface area contributed by atoms with Crippen molar-refractivity contribution in [2.45, 2.75) is 13.0 Å². The Balaban J connectivity index is 1.63. The van der Waals surface area contributed by atoms with Gasteiger partial charge in [0.1, 0.15) is 5.75 Å². The number of ether oxygens (including phenoxy) is 1. The van der Waals surface area contributed by atoms with Gasteiger partial charge in [-0.15, -0.1) is 0 Å². The number of hydrogen-bond donors (Lipinski definition) is 1. The van der Waals surface area contributed by atoms with Gasteiger partial charge in [-0.3, -0.25) is 9.69 Å². The van der Waals surface area contributed by atoms with Crippen LogP contribution in [0.1, 0.15) is 17.2 Å². The van der Waals surface area contributed by atoms with E-state index in [2.05, 4.69) is 51.3 Å². The van der Waals surface area contributed by atoms with Crippen LogP contribution in [0.4, 0.5) is 5.69 Å². The van der Waals surface area contributed by atoms with Gasteiger partial charge in [0, 0.05) is 52.5 Å². The van der Waals surface area contributed by atoms with Crippen LogP contribution in [0, 0.1) is 6.92 Å². The van der Waals surface area contributed by atoms with Crippen molar-refractivity contribution in [3.63, 3.8) is 0 Å². The monoisotopic (exact) mass is 410 g/mol. The molecule has 3 rings (SSSR count). The van der Waals surface area contributed by atoms with Gasteiger partial charge in [-0.05, 0) is 43.3 Å². The lowest BCUT2D eigenvalue weighted by atomic mass is 10.0. The summed E-state index contributed by atoms with van der Waals surface area (Å²) in [6.45, 7) is 6.64. The lowest BCUT2D eigenvalue weighted by molar-refractivity contribution is -0.123. The second-order valence-corrected chi connectivity index (χ2v) is 8.20. The van der Waals surface area contributed by atoms with Gasteiger partial charge in [-0.1, -0.05) is 30.3 Å². The number of benzene rings is 2. The summed E-state index contributed by atoms with van der Waals surface area (Å²) in [5, 5.41) is 3.09. The highest BCUT2D eigenvalue weighted by Crippen LogP contribution is 2.24. The Morgan fingerprint density at radius 2 is 1.73 bits per heavy atom. The van der Waals surface area contributed by atoms with Crippen LogP contribution < -0.4 is 15.0 Å². The molecule has 1 atom stereocenters. The maximum Gasteiger partial charge on any atom is 0.258 e. The van der Waals surface area contributed by atoms with Crippen LogP contribution in [0.15, 0.2) is 48.5 Å². The SMILES string of the molecule is Cc1ccccc1OCC(=O)NC[C@@H](c1ccc(N(C)C)cc1)N1CCN(C)CC1. The highest BCUT2D eigenvalue weighted by molar-refractivity contribution is 5.77. The van der Waals surface area contributed by atoms with E-state index in [1.807, 2.05) is 45.3 Å². The van der Waals surface area contributed by atoms with E-state index >= 15 is 0 Å². The Morgan fingerprint density at radius 1 is 1.07 bits per heavy atom. The van der Waals surface area contributed by atoms with Crippen molar-refractivity contribution in [3.8, 4) is 5.75 Å². The summed E-state index contributed by atoms with van der Waals surface area (Å²) in [5.41, 5.74) is 3.43. The second kappa shape index (κ2) is 10.5. The van der Waals surface area contributed by atoms with Crippen LogP contribution in [0.2, 0.25) is 0 Å². The number of piperazine rings is 1. The molecule has 1 amide bonds. The largest absolute Gasteiger partial charge is 0.484 e. The summed E-state index contributed by atoms with van der Waals surface area (Å²) in [7, 11) is 6.24. The molecule has 1 aliphatic heterocycles. The predicted molar refractivity (Wildman–Crippen MR) is 122 cm³/mol. The minimum absolute atomic E-state index is 0.0277. The molecule has 1 N–H and O–H groups in total. The van der Waals surface area contributed by atoms with E-state index in [-0.39, 0.29) is 18.6 Å². The number of carbonyl (C=O) groups excluding carboxylic acids is 1. The molecule has 2 aromatic rings. The number of aryl methyl sites for hydroxylation is 1. The fraction of sp³-hybridized carbons (Fsp3) is 0.458. The molecule has 0 spiro atoms. The topological polar surface area (TPSA) is 48.1 Å². The van der Waals surface area contributed by atoms with Gasteiger partial charge in [-0.2, -0.15) is 0 Å². The smallest absolute Gasteiger partial charge is 0.258 e. The van der Waals surface area contributed by atoms with E-state index in [1.54, 1.807) is 0 Å². The van der Waals surface area contributed by atoms with Crippen molar-refractivity contribution >= 4 is 11.6 Å². The molecular formula is C24H34N4O2. The maximum atomic E-state index is 12.5. The molecule has 1 fully saturated rings. The summed E-state index contributed by atoms with van der Waals surface area (Å²) in [6.07, 6.45) is 0. The summed E-state index contributed by atoms with van der Waals surface area (Å²) in [5.74, 6) is 0.657. The van der Waals surface area contributed by atoms with E-state index < -0.39 is 0 Å². The minimum atomic E-state index is -0.0951. The summed E-state index contributed by atoms with van der Waals surface area (Å²) >= 11 is 0. The van der Waals surface area contributed by atoms with Crippen LogP contribution in [-0.2, 0) is 4.79 Å². The van der Waals surface area contributed by atoms with Crippen LogP contribution in [0.25, 0.3) is 0 Å². The molecular weight excluding hydrogens is 376 g/mol. The molecule has 0 radical (unpaired) electrons. The van der Waals surface area contributed by atoms with Crippen LogP contribution in [-0.4, -0.2) is 76.2 Å². The molecule has 6 nitrogen and oxygen atoms in total. The van der Waals surface area contributed by atoms with Crippen molar-refractivity contribution in [3.05, 3.63) is 59.7 Å². The lowest BCUT2D eigenvalue weighted by Crippen LogP contribution is -2.48. The van der Waals surface area contributed by atoms with Crippen LogP contribution in [0.3, 0.4) is 0 Å². The Labute approximate surface area is 180 Å². The van der Waals surface area contributed by atoms with E-state index in [0.717, 1.165) is 37.5 Å². The highest BCUT2D eigenvalue weighted by atomic mass is 16.5. The Bertz CT molecular complexity index is 814. The van der Waals surface area contributed by atoms with E-state index in [1.165, 1.54) is 11.3 Å². The standard InChI is InChI=1S/C24H34N4O2/c1-19-7-5-6-8-23(19)30-18-24(29)25-17-22(28-15-13-27(4)14-16-28)20-9-11-21(12-10-20)26(2)3/h5-12,22H,13-18H2,1-4H3,(H,25,29)/t22-/m0/s1. The molecule has 0 aliphatic carbocycles. The van der Waals surface area contributed by atoms with Gasteiger partial charge < -0.3 is 19.9 Å². The van der Waals surface area contributed by atoms with Gasteiger partial charge >= 0.3 is 0 Å². The summed E-state index contributed by atoms with van der Waals surface area (Å²) in [4.78, 5) is 19.4. The number of anilines is 1. The number of likely N-dealkylation sites (N-methyl/N-ethyl adjacent to an activating group) is 1. The molecule has 1 heterocycles. The Morgan fingerprint density at radius 3 is 2.37 bits per heavy atom. The average Bonchev–Trinajstić information content (AvgIpc) is 2.75. The third-order valence-corrected chi connectivity index (χ3v) is 5.72. The molecule has 0 aromatic heterocycles. The van der Waals surface area contributed by atoms with Gasteiger partial charge in [0.15, 0.2) is 6.61 Å². The molecule has 1 aliphatic rings. The van der Waals surface area contributed by atoms with Gasteiger partial charge in [0.05, 0.1) is 6.04 Å². The Hall–Kier alpha value is -2.57. The van der Waals surface area contributed by atoms with Crippen molar-refractivity contribution in [2.75, 3.05) is 65.4 Å².